The molecule has 0 saturated carbocycles. The van der Waals surface area contributed by atoms with E-state index >= 15 is 0 Å². The summed E-state index contributed by atoms with van der Waals surface area (Å²) in [6, 6.07) is 16.8. The normalized spacial score (nSPS) is 11.2. The lowest BCUT2D eigenvalue weighted by molar-refractivity contribution is -0.384. The van der Waals surface area contributed by atoms with Crippen molar-refractivity contribution >= 4 is 17.3 Å². The smallest absolute Gasteiger partial charge is 0.270 e. The summed E-state index contributed by atoms with van der Waals surface area (Å²) in [5.41, 5.74) is 4.79. The predicted octanol–water partition coefficient (Wildman–Crippen LogP) is 3.18. The Bertz CT molecular complexity index is 1030. The predicted molar refractivity (Wildman–Crippen MR) is 99.2 cm³/mol. The van der Waals surface area contributed by atoms with Crippen molar-refractivity contribution in [3.63, 3.8) is 0 Å². The van der Waals surface area contributed by atoms with Gasteiger partial charge in [-0.25, -0.2) is 10.4 Å². The highest BCUT2D eigenvalue weighted by molar-refractivity contribution is 5.99. The van der Waals surface area contributed by atoms with Crippen LogP contribution in [-0.4, -0.2) is 20.6 Å². The third kappa shape index (κ3) is 3.99. The molecule has 1 heterocycles. The van der Waals surface area contributed by atoms with Crippen LogP contribution < -0.4 is 11.0 Å². The van der Waals surface area contributed by atoms with Crippen LogP contribution in [0, 0.1) is 10.1 Å². The lowest BCUT2D eigenvalue weighted by Gasteiger charge is -2.05. The van der Waals surface area contributed by atoms with E-state index in [4.69, 9.17) is 0 Å². The van der Waals surface area contributed by atoms with Gasteiger partial charge in [0.05, 0.1) is 16.3 Å². The van der Waals surface area contributed by atoms with Gasteiger partial charge < -0.3 is 0 Å². The summed E-state index contributed by atoms with van der Waals surface area (Å²) in [6.07, 6.45) is 0. The van der Waals surface area contributed by atoms with Crippen molar-refractivity contribution < 1.29 is 4.92 Å². The number of nitro groups is 1. The number of non-ortho nitro benzene ring substituents is 1. The first kappa shape index (κ1) is 17.0. The van der Waals surface area contributed by atoms with Crippen LogP contribution in [0.1, 0.15) is 12.5 Å². The Kier molecular flexibility index (Phi) is 4.84. The van der Waals surface area contributed by atoms with Gasteiger partial charge in [0.1, 0.15) is 0 Å². The number of hydrogen-bond donors (Lipinski definition) is 2. The lowest BCUT2D eigenvalue weighted by Crippen LogP contribution is -2.11. The number of H-pyrrole nitrogens is 1. The molecule has 3 rings (SSSR count). The summed E-state index contributed by atoms with van der Waals surface area (Å²) in [5, 5.41) is 15.0. The van der Waals surface area contributed by atoms with Crippen LogP contribution in [0.3, 0.4) is 0 Å². The second-order valence-electron chi connectivity index (χ2n) is 5.46. The van der Waals surface area contributed by atoms with Gasteiger partial charge in [0.2, 0.25) is 5.95 Å². The number of aromatic nitrogens is 2. The molecule has 8 heteroatoms. The third-order valence-electron chi connectivity index (χ3n) is 3.62. The first-order valence-electron chi connectivity index (χ1n) is 7.75. The zero-order valence-electron chi connectivity index (χ0n) is 13.8. The highest BCUT2D eigenvalue weighted by Gasteiger charge is 2.08. The van der Waals surface area contributed by atoms with Crippen LogP contribution in [0.5, 0.6) is 0 Å². The van der Waals surface area contributed by atoms with E-state index in [1.165, 1.54) is 18.2 Å². The minimum absolute atomic E-state index is 0.0188. The van der Waals surface area contributed by atoms with Crippen LogP contribution in [0.15, 0.2) is 70.6 Å². The standard InChI is InChI=1S/C18H15N5O3/c1-12(14-8-5-9-15(10-14)23(25)26)21-22-18-19-16(11-17(24)20-18)13-6-3-2-4-7-13/h2-11H,1H3,(H2,19,20,22,24)/b21-12-. The second-order valence-corrected chi connectivity index (χ2v) is 5.46. The van der Waals surface area contributed by atoms with Crippen molar-refractivity contribution in [1.82, 2.24) is 9.97 Å². The molecule has 26 heavy (non-hydrogen) atoms. The van der Waals surface area contributed by atoms with Gasteiger partial charge >= 0.3 is 0 Å². The molecule has 3 aromatic rings. The van der Waals surface area contributed by atoms with Crippen LogP contribution in [0.4, 0.5) is 11.6 Å². The second kappa shape index (κ2) is 7.39. The maximum absolute atomic E-state index is 11.9. The number of nitro benzene ring substituents is 1. The van der Waals surface area contributed by atoms with Crippen molar-refractivity contribution in [3.05, 3.63) is 86.7 Å². The van der Waals surface area contributed by atoms with Crippen LogP contribution in [0.25, 0.3) is 11.3 Å². The molecule has 0 unspecified atom stereocenters. The average Bonchev–Trinajstić information content (AvgIpc) is 2.66. The number of hydrazone groups is 1. The van der Waals surface area contributed by atoms with Gasteiger partial charge in [-0.1, -0.05) is 42.5 Å². The number of benzene rings is 2. The number of aromatic amines is 1. The van der Waals surface area contributed by atoms with Crippen molar-refractivity contribution in [2.75, 3.05) is 5.43 Å². The summed E-state index contributed by atoms with van der Waals surface area (Å²) in [5.74, 6) is 0.182. The fraction of sp³-hybridized carbons (Fsp3) is 0.0556. The molecular formula is C18H15N5O3. The minimum Gasteiger partial charge on any atom is -0.291 e. The van der Waals surface area contributed by atoms with Gasteiger partial charge in [-0.05, 0) is 6.92 Å². The molecule has 1 aromatic heterocycles. The monoisotopic (exact) mass is 349 g/mol. The zero-order chi connectivity index (χ0) is 18.5. The van der Waals surface area contributed by atoms with E-state index in [1.807, 2.05) is 30.3 Å². The number of nitrogens with zero attached hydrogens (tertiary/aromatic N) is 3. The van der Waals surface area contributed by atoms with Crippen molar-refractivity contribution in [2.24, 2.45) is 5.10 Å². The first-order valence-corrected chi connectivity index (χ1v) is 7.75. The molecular weight excluding hydrogens is 334 g/mol. The Labute approximate surface area is 148 Å². The third-order valence-corrected chi connectivity index (χ3v) is 3.62. The lowest BCUT2D eigenvalue weighted by atomic mass is 10.1. The fourth-order valence-corrected chi connectivity index (χ4v) is 2.31. The Morgan fingerprint density at radius 2 is 1.92 bits per heavy atom. The average molecular weight is 349 g/mol. The van der Waals surface area contributed by atoms with Crippen molar-refractivity contribution in [1.29, 1.82) is 0 Å². The zero-order valence-corrected chi connectivity index (χ0v) is 13.8. The summed E-state index contributed by atoms with van der Waals surface area (Å²) in [6.45, 7) is 1.70. The highest BCUT2D eigenvalue weighted by Crippen LogP contribution is 2.16. The Balaban J connectivity index is 1.86. The van der Waals surface area contributed by atoms with E-state index in [0.29, 0.717) is 17.0 Å². The summed E-state index contributed by atoms with van der Waals surface area (Å²) in [7, 11) is 0. The number of rotatable bonds is 5. The molecule has 0 aliphatic carbocycles. The molecule has 0 bridgehead atoms. The van der Waals surface area contributed by atoms with Gasteiger partial charge in [-0.3, -0.25) is 19.9 Å². The maximum atomic E-state index is 11.9. The SMILES string of the molecule is C/C(=N/Nc1nc(-c2ccccc2)cc(=O)[nH]1)c1cccc([N+](=O)[O-])c1. The van der Waals surface area contributed by atoms with Crippen LogP contribution in [0.2, 0.25) is 0 Å². The van der Waals surface area contributed by atoms with Crippen LogP contribution >= 0.6 is 0 Å². The van der Waals surface area contributed by atoms with E-state index in [0.717, 1.165) is 5.56 Å². The molecule has 8 nitrogen and oxygen atoms in total. The highest BCUT2D eigenvalue weighted by atomic mass is 16.6. The molecule has 0 spiro atoms. The largest absolute Gasteiger partial charge is 0.291 e. The van der Waals surface area contributed by atoms with Gasteiger partial charge in [0.15, 0.2) is 0 Å². The van der Waals surface area contributed by atoms with E-state index in [9.17, 15) is 14.9 Å². The van der Waals surface area contributed by atoms with E-state index < -0.39 is 4.92 Å². The molecule has 130 valence electrons. The molecule has 2 aromatic carbocycles. The molecule has 2 N–H and O–H groups in total. The van der Waals surface area contributed by atoms with Gasteiger partial charge in [-0.15, -0.1) is 0 Å². The number of anilines is 1. The molecule has 0 amide bonds. The quantitative estimate of drug-likeness (QED) is 0.417. The van der Waals surface area contributed by atoms with Gasteiger partial charge in [-0.2, -0.15) is 5.10 Å². The molecule has 0 aliphatic heterocycles. The Morgan fingerprint density at radius 3 is 2.65 bits per heavy atom. The van der Waals surface area contributed by atoms with Crippen molar-refractivity contribution in [3.8, 4) is 11.3 Å². The Morgan fingerprint density at radius 1 is 1.15 bits per heavy atom. The molecule has 0 radical (unpaired) electrons. The van der Waals surface area contributed by atoms with E-state index in [-0.39, 0.29) is 17.2 Å². The summed E-state index contributed by atoms with van der Waals surface area (Å²) >= 11 is 0. The van der Waals surface area contributed by atoms with Gasteiger partial charge in [0, 0.05) is 29.3 Å². The maximum Gasteiger partial charge on any atom is 0.270 e. The van der Waals surface area contributed by atoms with E-state index in [2.05, 4.69) is 20.5 Å². The topological polar surface area (TPSA) is 113 Å². The first-order chi connectivity index (χ1) is 12.5. The number of hydrogen-bond acceptors (Lipinski definition) is 6. The summed E-state index contributed by atoms with van der Waals surface area (Å²) < 4.78 is 0. The van der Waals surface area contributed by atoms with Gasteiger partial charge in [0.25, 0.3) is 11.2 Å². The van der Waals surface area contributed by atoms with E-state index in [1.54, 1.807) is 19.1 Å². The fourth-order valence-electron chi connectivity index (χ4n) is 2.31. The summed E-state index contributed by atoms with van der Waals surface area (Å²) in [4.78, 5) is 29.2. The Hall–Kier alpha value is -3.81. The minimum atomic E-state index is -0.466. The molecule has 0 saturated heterocycles. The number of nitrogens with one attached hydrogen (secondary N) is 2. The van der Waals surface area contributed by atoms with Crippen LogP contribution in [-0.2, 0) is 0 Å². The molecule has 0 aliphatic rings. The molecule has 0 atom stereocenters. The van der Waals surface area contributed by atoms with Crippen molar-refractivity contribution in [2.45, 2.75) is 6.92 Å². The molecule has 0 fully saturated rings.